The maximum absolute atomic E-state index is 12.9. The molecule has 160 valence electrons. The molecule has 0 saturated carbocycles. The van der Waals surface area contributed by atoms with Crippen molar-refractivity contribution >= 4 is 52.5 Å². The van der Waals surface area contributed by atoms with E-state index in [9.17, 15) is 19.7 Å². The number of nitro benzene ring substituents is 1. The molecule has 0 heterocycles. The highest BCUT2D eigenvalue weighted by molar-refractivity contribution is 7.99. The second-order valence-electron chi connectivity index (χ2n) is 6.48. The third kappa shape index (κ3) is 6.62. The van der Waals surface area contributed by atoms with Crippen molar-refractivity contribution in [1.29, 1.82) is 0 Å². The molecule has 7 nitrogen and oxygen atoms in total. The van der Waals surface area contributed by atoms with Crippen LogP contribution in [-0.4, -0.2) is 40.5 Å². The number of likely N-dealkylation sites (N-methyl/N-ethyl adjacent to an activating group) is 1. The highest BCUT2D eigenvalue weighted by atomic mass is 35.5. The summed E-state index contributed by atoms with van der Waals surface area (Å²) in [6, 6.07) is 10.6. The monoisotopic (exact) mass is 469 g/mol. The van der Waals surface area contributed by atoms with E-state index < -0.39 is 11.0 Å². The van der Waals surface area contributed by atoms with Crippen molar-refractivity contribution in [3.63, 3.8) is 0 Å². The van der Waals surface area contributed by atoms with Gasteiger partial charge in [0.05, 0.1) is 20.7 Å². The summed E-state index contributed by atoms with van der Waals surface area (Å²) in [5.41, 5.74) is 1.65. The summed E-state index contributed by atoms with van der Waals surface area (Å²) in [7, 11) is 1.52. The van der Waals surface area contributed by atoms with Gasteiger partial charge in [0, 0.05) is 31.5 Å². The lowest BCUT2D eigenvalue weighted by Crippen LogP contribution is -2.47. The second kappa shape index (κ2) is 11.2. The fraction of sp³-hybridized carbons (Fsp3) is 0.300. The summed E-state index contributed by atoms with van der Waals surface area (Å²) >= 11 is 13.4. The number of amides is 2. The molecule has 0 aliphatic rings. The third-order valence-electron chi connectivity index (χ3n) is 4.39. The van der Waals surface area contributed by atoms with Crippen LogP contribution < -0.4 is 5.32 Å². The number of carbonyl (C=O) groups excluding carboxylic acids is 2. The molecule has 2 rings (SSSR count). The zero-order valence-corrected chi connectivity index (χ0v) is 18.8. The van der Waals surface area contributed by atoms with Crippen molar-refractivity contribution in [3.05, 3.63) is 73.8 Å². The number of halogens is 2. The van der Waals surface area contributed by atoms with Gasteiger partial charge in [-0.15, -0.1) is 11.8 Å². The molecule has 0 aromatic heterocycles. The first-order valence-corrected chi connectivity index (χ1v) is 10.9. The van der Waals surface area contributed by atoms with Gasteiger partial charge >= 0.3 is 0 Å². The lowest BCUT2D eigenvalue weighted by Gasteiger charge is -2.28. The third-order valence-corrected chi connectivity index (χ3v) is 6.12. The van der Waals surface area contributed by atoms with Crippen molar-refractivity contribution < 1.29 is 14.5 Å². The molecule has 0 spiro atoms. The van der Waals surface area contributed by atoms with E-state index in [1.807, 2.05) is 0 Å². The Morgan fingerprint density at radius 1 is 1.13 bits per heavy atom. The zero-order valence-electron chi connectivity index (χ0n) is 16.4. The topological polar surface area (TPSA) is 92.6 Å². The maximum atomic E-state index is 12.9. The van der Waals surface area contributed by atoms with Gasteiger partial charge in [-0.25, -0.2) is 0 Å². The van der Waals surface area contributed by atoms with Gasteiger partial charge in [0.2, 0.25) is 11.8 Å². The van der Waals surface area contributed by atoms with E-state index in [1.54, 1.807) is 37.3 Å². The Labute approximate surface area is 188 Å². The molecular weight excluding hydrogens is 449 g/mol. The molecule has 2 aromatic carbocycles. The summed E-state index contributed by atoms with van der Waals surface area (Å²) in [4.78, 5) is 36.8. The average molecular weight is 470 g/mol. The SMILES string of the molecule is CNC(=O)C(C)N(Cc1ccc(Cl)c(Cl)c1)C(=O)CSCc1ccc([N+](=O)[O-])cc1. The van der Waals surface area contributed by atoms with Gasteiger partial charge in [-0.3, -0.25) is 19.7 Å². The standard InChI is InChI=1S/C20H21Cl2N3O4S/c1-13(20(27)23-2)24(10-15-5-8-17(21)18(22)9-15)19(26)12-30-11-14-3-6-16(7-4-14)25(28)29/h3-9,13H,10-12H2,1-2H3,(H,23,27). The minimum atomic E-state index is -0.670. The molecule has 0 bridgehead atoms. The Balaban J connectivity index is 2.05. The summed E-state index contributed by atoms with van der Waals surface area (Å²) in [5, 5.41) is 14.1. The van der Waals surface area contributed by atoms with Crippen molar-refractivity contribution in [3.8, 4) is 0 Å². The summed E-state index contributed by atoms with van der Waals surface area (Å²) < 4.78 is 0. The molecular formula is C20H21Cl2N3O4S. The Morgan fingerprint density at radius 2 is 1.77 bits per heavy atom. The van der Waals surface area contributed by atoms with E-state index >= 15 is 0 Å². The number of nitrogens with zero attached hydrogens (tertiary/aromatic N) is 2. The van der Waals surface area contributed by atoms with Crippen molar-refractivity contribution in [2.75, 3.05) is 12.8 Å². The summed E-state index contributed by atoms with van der Waals surface area (Å²) in [6.45, 7) is 1.87. The number of hydrogen-bond donors (Lipinski definition) is 1. The molecule has 1 N–H and O–H groups in total. The normalized spacial score (nSPS) is 11.6. The number of thioether (sulfide) groups is 1. The van der Waals surface area contributed by atoms with Gasteiger partial charge in [0.25, 0.3) is 5.69 Å². The van der Waals surface area contributed by atoms with Crippen LogP contribution in [0.4, 0.5) is 5.69 Å². The Kier molecular flexibility index (Phi) is 8.95. The minimum Gasteiger partial charge on any atom is -0.357 e. The predicted octanol–water partition coefficient (Wildman–Crippen LogP) is 4.30. The van der Waals surface area contributed by atoms with E-state index in [2.05, 4.69) is 5.32 Å². The number of nitrogens with one attached hydrogen (secondary N) is 1. The molecule has 0 fully saturated rings. The fourth-order valence-electron chi connectivity index (χ4n) is 2.68. The molecule has 0 saturated heterocycles. The van der Waals surface area contributed by atoms with Crippen LogP contribution in [0.15, 0.2) is 42.5 Å². The maximum Gasteiger partial charge on any atom is 0.269 e. The van der Waals surface area contributed by atoms with Crippen molar-refractivity contribution in [2.24, 2.45) is 0 Å². The van der Waals surface area contributed by atoms with E-state index in [-0.39, 0.29) is 29.8 Å². The minimum absolute atomic E-state index is 0.0204. The number of hydrogen-bond acceptors (Lipinski definition) is 5. The number of nitro groups is 1. The summed E-state index contributed by atoms with van der Waals surface area (Å²) in [5.74, 6) is 0.186. The average Bonchev–Trinajstić information content (AvgIpc) is 2.73. The number of benzene rings is 2. The van der Waals surface area contributed by atoms with Crippen LogP contribution >= 0.6 is 35.0 Å². The van der Waals surface area contributed by atoms with Crippen LogP contribution in [-0.2, 0) is 21.9 Å². The van der Waals surface area contributed by atoms with Gasteiger partial charge in [0.15, 0.2) is 0 Å². The lowest BCUT2D eigenvalue weighted by molar-refractivity contribution is -0.384. The summed E-state index contributed by atoms with van der Waals surface area (Å²) in [6.07, 6.45) is 0. The van der Waals surface area contributed by atoms with Crippen LogP contribution in [0.5, 0.6) is 0 Å². The largest absolute Gasteiger partial charge is 0.357 e. The molecule has 0 aliphatic heterocycles. The van der Waals surface area contributed by atoms with E-state index in [0.717, 1.165) is 11.1 Å². The van der Waals surface area contributed by atoms with Crippen LogP contribution in [0.1, 0.15) is 18.1 Å². The number of carbonyl (C=O) groups is 2. The quantitative estimate of drug-likeness (QED) is 0.436. The Hall–Kier alpha value is -2.29. The van der Waals surface area contributed by atoms with Gasteiger partial charge in [-0.1, -0.05) is 41.4 Å². The Morgan fingerprint density at radius 3 is 2.33 bits per heavy atom. The van der Waals surface area contributed by atoms with E-state index in [1.165, 1.54) is 35.8 Å². The van der Waals surface area contributed by atoms with Gasteiger partial charge < -0.3 is 10.2 Å². The molecule has 1 unspecified atom stereocenters. The van der Waals surface area contributed by atoms with Crippen LogP contribution in [0.25, 0.3) is 0 Å². The first-order chi connectivity index (χ1) is 14.2. The first kappa shape index (κ1) is 24.0. The van der Waals surface area contributed by atoms with Gasteiger partial charge in [-0.05, 0) is 30.2 Å². The molecule has 30 heavy (non-hydrogen) atoms. The van der Waals surface area contributed by atoms with E-state index in [0.29, 0.717) is 15.8 Å². The molecule has 0 aliphatic carbocycles. The van der Waals surface area contributed by atoms with Crippen molar-refractivity contribution in [1.82, 2.24) is 10.2 Å². The van der Waals surface area contributed by atoms with Crippen molar-refractivity contribution in [2.45, 2.75) is 25.3 Å². The second-order valence-corrected chi connectivity index (χ2v) is 8.28. The predicted molar refractivity (Wildman–Crippen MR) is 120 cm³/mol. The highest BCUT2D eigenvalue weighted by Crippen LogP contribution is 2.24. The molecule has 2 amide bonds. The van der Waals surface area contributed by atoms with Crippen LogP contribution in [0, 0.1) is 10.1 Å². The van der Waals surface area contributed by atoms with Gasteiger partial charge in [-0.2, -0.15) is 0 Å². The smallest absolute Gasteiger partial charge is 0.269 e. The first-order valence-electron chi connectivity index (χ1n) is 8.99. The molecule has 2 aromatic rings. The zero-order chi connectivity index (χ0) is 22.3. The molecule has 1 atom stereocenters. The Bertz CT molecular complexity index is 925. The van der Waals surface area contributed by atoms with E-state index in [4.69, 9.17) is 23.2 Å². The highest BCUT2D eigenvalue weighted by Gasteiger charge is 2.25. The fourth-order valence-corrected chi connectivity index (χ4v) is 3.87. The number of rotatable bonds is 9. The molecule has 10 heteroatoms. The molecule has 0 radical (unpaired) electrons. The lowest BCUT2D eigenvalue weighted by atomic mass is 10.1. The van der Waals surface area contributed by atoms with Gasteiger partial charge in [0.1, 0.15) is 6.04 Å². The number of non-ortho nitro benzene ring substituents is 1. The van der Waals surface area contributed by atoms with Crippen LogP contribution in [0.3, 0.4) is 0 Å². The van der Waals surface area contributed by atoms with Crippen LogP contribution in [0.2, 0.25) is 10.0 Å².